The van der Waals surface area contributed by atoms with E-state index in [2.05, 4.69) is 103 Å². The van der Waals surface area contributed by atoms with Crippen molar-refractivity contribution in [2.45, 2.75) is 27.7 Å². The molecule has 0 amide bonds. The van der Waals surface area contributed by atoms with E-state index >= 15 is 0 Å². The number of hydrogen-bond acceptors (Lipinski definition) is 2. The summed E-state index contributed by atoms with van der Waals surface area (Å²) in [5.74, 6) is 0. The highest BCUT2D eigenvalue weighted by Gasteiger charge is 2.23. The fourth-order valence-electron chi connectivity index (χ4n) is 4.61. The van der Waals surface area contributed by atoms with Crippen LogP contribution in [-0.4, -0.2) is 19.9 Å². The summed E-state index contributed by atoms with van der Waals surface area (Å²) in [6.45, 7) is 8.71. The third-order valence-electron chi connectivity index (χ3n) is 6.81. The molecule has 0 atom stereocenters. The Morgan fingerprint density at radius 1 is 0.647 bits per heavy atom. The van der Waals surface area contributed by atoms with Gasteiger partial charge in [0.2, 0.25) is 0 Å². The van der Waals surface area contributed by atoms with Crippen molar-refractivity contribution in [3.8, 4) is 5.69 Å². The van der Waals surface area contributed by atoms with Gasteiger partial charge in [-0.1, -0.05) is 0 Å². The van der Waals surface area contributed by atoms with E-state index in [1.807, 2.05) is 12.2 Å². The lowest BCUT2D eigenvalue weighted by molar-refractivity contribution is -0.602. The van der Waals surface area contributed by atoms with Gasteiger partial charge in [-0.05, 0) is 93.1 Å². The van der Waals surface area contributed by atoms with Gasteiger partial charge in [0.25, 0.3) is 5.69 Å². The predicted molar refractivity (Wildman–Crippen MR) is 139 cm³/mol. The number of aromatic nitrogens is 5. The lowest BCUT2D eigenvalue weighted by atomic mass is 10.0. The van der Waals surface area contributed by atoms with Gasteiger partial charge < -0.3 is 9.97 Å². The molecule has 0 saturated carbocycles. The lowest BCUT2D eigenvalue weighted by Crippen LogP contribution is -2.37. The highest BCUT2D eigenvalue weighted by molar-refractivity contribution is 5.81. The Labute approximate surface area is 198 Å². The molecule has 0 unspecified atom stereocenters. The quantitative estimate of drug-likeness (QED) is 0.298. The maximum absolute atomic E-state index is 5.01. The van der Waals surface area contributed by atoms with E-state index in [4.69, 9.17) is 9.97 Å². The van der Waals surface area contributed by atoms with Crippen molar-refractivity contribution in [2.75, 3.05) is 0 Å². The second-order valence-corrected chi connectivity index (χ2v) is 9.05. The van der Waals surface area contributed by atoms with Gasteiger partial charge in [0.15, 0.2) is 11.9 Å². The van der Waals surface area contributed by atoms with Crippen molar-refractivity contribution >= 4 is 46.4 Å². The van der Waals surface area contributed by atoms with Crippen LogP contribution in [0.15, 0.2) is 48.7 Å². The fourth-order valence-corrected chi connectivity index (χ4v) is 4.61. The first-order valence-corrected chi connectivity index (χ1v) is 11.5. The van der Waals surface area contributed by atoms with Gasteiger partial charge in [0.05, 0.1) is 17.1 Å². The van der Waals surface area contributed by atoms with Gasteiger partial charge in [0, 0.05) is 34.6 Å². The summed E-state index contributed by atoms with van der Waals surface area (Å²) in [5, 5.41) is 0. The van der Waals surface area contributed by atoms with E-state index in [9.17, 15) is 0 Å². The number of nitrogens with zero attached hydrogens (tertiary/aromatic N) is 3. The summed E-state index contributed by atoms with van der Waals surface area (Å²) < 4.78 is 2.27. The van der Waals surface area contributed by atoms with Gasteiger partial charge >= 0.3 is 0 Å². The van der Waals surface area contributed by atoms with Crippen LogP contribution in [0, 0.1) is 27.7 Å². The third-order valence-corrected chi connectivity index (χ3v) is 6.81. The average Bonchev–Trinajstić information content (AvgIpc) is 3.61. The number of pyridine rings is 1. The molecule has 2 aliphatic heterocycles. The van der Waals surface area contributed by atoms with Gasteiger partial charge in [-0.15, -0.1) is 0 Å². The third kappa shape index (κ3) is 3.46. The summed E-state index contributed by atoms with van der Waals surface area (Å²) in [6.07, 6.45) is 10.5. The molecule has 2 N–H and O–H groups in total. The van der Waals surface area contributed by atoms with Gasteiger partial charge in [-0.25, -0.2) is 9.97 Å². The molecule has 8 bridgehead atoms. The Kier molecular flexibility index (Phi) is 4.59. The number of aryl methyl sites for hydroxylation is 1. The van der Waals surface area contributed by atoms with Gasteiger partial charge in [-0.2, -0.15) is 4.57 Å². The molecule has 0 spiro atoms. The van der Waals surface area contributed by atoms with Crippen LogP contribution in [0.25, 0.3) is 52.1 Å². The Hall–Kier alpha value is -4.25. The number of nitrogens with one attached hydrogen (secondary N) is 2. The maximum Gasteiger partial charge on any atom is 0.260 e. The van der Waals surface area contributed by atoms with Crippen molar-refractivity contribution in [1.29, 1.82) is 0 Å². The Morgan fingerprint density at radius 3 is 1.94 bits per heavy atom. The van der Waals surface area contributed by atoms with Gasteiger partial charge in [-0.3, -0.25) is 0 Å². The molecule has 0 saturated heterocycles. The summed E-state index contributed by atoms with van der Waals surface area (Å²) in [5.41, 5.74) is 13.8. The first-order valence-electron chi connectivity index (χ1n) is 11.5. The zero-order valence-electron chi connectivity index (χ0n) is 19.8. The van der Waals surface area contributed by atoms with Crippen LogP contribution >= 0.6 is 0 Å². The van der Waals surface area contributed by atoms with Crippen LogP contribution in [0.5, 0.6) is 0 Å². The SMILES string of the molecule is Cc1c[n+](-c2c3nc(cc4ccc(cc5nc(cc6ccc2[nH]6)C=C5)[nH]4)C=C3)c(C)c(C)c1C. The Morgan fingerprint density at radius 2 is 1.24 bits per heavy atom. The molecule has 0 aromatic carbocycles. The number of aromatic amines is 2. The largest absolute Gasteiger partial charge is 0.355 e. The molecule has 166 valence electrons. The first kappa shape index (κ1) is 20.4. The molecule has 4 aromatic heterocycles. The first-order chi connectivity index (χ1) is 16.4. The zero-order chi connectivity index (χ0) is 23.4. The van der Waals surface area contributed by atoms with E-state index in [0.717, 1.165) is 50.5 Å². The summed E-state index contributed by atoms with van der Waals surface area (Å²) in [4.78, 5) is 16.8. The topological polar surface area (TPSA) is 61.2 Å². The summed E-state index contributed by atoms with van der Waals surface area (Å²) >= 11 is 0. The summed E-state index contributed by atoms with van der Waals surface area (Å²) in [6, 6.07) is 14.6. The zero-order valence-corrected chi connectivity index (χ0v) is 19.8. The number of hydrogen-bond donors (Lipinski definition) is 2. The van der Waals surface area contributed by atoms with E-state index in [-0.39, 0.29) is 0 Å². The fraction of sp³-hybridized carbons (Fsp3) is 0.138. The van der Waals surface area contributed by atoms with Crippen molar-refractivity contribution in [1.82, 2.24) is 19.9 Å². The van der Waals surface area contributed by atoms with Crippen molar-refractivity contribution in [3.05, 3.63) is 93.8 Å². The number of H-pyrrole nitrogens is 2. The van der Waals surface area contributed by atoms with E-state index in [1.54, 1.807) is 0 Å². The average molecular weight is 445 g/mol. The maximum atomic E-state index is 5.01. The number of fused-ring (bicyclic) bond motifs is 8. The molecule has 5 heteroatoms. The highest BCUT2D eigenvalue weighted by atomic mass is 15.0. The molecule has 0 radical (unpaired) electrons. The molecule has 5 nitrogen and oxygen atoms in total. The van der Waals surface area contributed by atoms with Crippen LogP contribution in [0.2, 0.25) is 0 Å². The monoisotopic (exact) mass is 444 g/mol. The smallest absolute Gasteiger partial charge is 0.260 e. The standard InChI is InChI=1S/C29H26N5/c1-17-16-34(20(4)19(3)18(17)2)29-27-11-9-25(32-27)14-23-7-5-21(30-23)13-22-6-8-24(31-22)15-26-10-12-28(29)33-26/h5-16,30,33H,1-4H3/q+1. The van der Waals surface area contributed by atoms with Crippen LogP contribution in [-0.2, 0) is 0 Å². The van der Waals surface area contributed by atoms with E-state index < -0.39 is 0 Å². The second kappa shape index (κ2) is 7.66. The molecule has 6 rings (SSSR count). The predicted octanol–water partition coefficient (Wildman–Crippen LogP) is 6.17. The van der Waals surface area contributed by atoms with Crippen LogP contribution in [0.4, 0.5) is 0 Å². The molecule has 2 aliphatic rings. The van der Waals surface area contributed by atoms with Crippen LogP contribution in [0.1, 0.15) is 45.2 Å². The Balaban J connectivity index is 1.74. The normalized spacial score (nSPS) is 12.5. The Bertz CT molecular complexity index is 1700. The molecule has 6 heterocycles. The molecule has 34 heavy (non-hydrogen) atoms. The molecule has 0 fully saturated rings. The van der Waals surface area contributed by atoms with Crippen molar-refractivity contribution in [3.63, 3.8) is 0 Å². The van der Waals surface area contributed by atoms with E-state index in [0.29, 0.717) is 0 Å². The second-order valence-electron chi connectivity index (χ2n) is 9.05. The van der Waals surface area contributed by atoms with Crippen LogP contribution < -0.4 is 4.57 Å². The highest BCUT2D eigenvalue weighted by Crippen LogP contribution is 2.23. The molecule has 4 aromatic rings. The molecular weight excluding hydrogens is 418 g/mol. The minimum Gasteiger partial charge on any atom is -0.355 e. The van der Waals surface area contributed by atoms with Gasteiger partial charge in [0.1, 0.15) is 11.2 Å². The van der Waals surface area contributed by atoms with Crippen LogP contribution in [0.3, 0.4) is 0 Å². The lowest BCUT2D eigenvalue weighted by Gasteiger charge is -2.09. The van der Waals surface area contributed by atoms with Crippen molar-refractivity contribution < 1.29 is 4.57 Å². The minimum absolute atomic E-state index is 0.916. The summed E-state index contributed by atoms with van der Waals surface area (Å²) in [7, 11) is 0. The minimum atomic E-state index is 0.916. The van der Waals surface area contributed by atoms with E-state index in [1.165, 1.54) is 22.4 Å². The molecular formula is C29H26N5+. The number of rotatable bonds is 1. The molecule has 0 aliphatic carbocycles. The van der Waals surface area contributed by atoms with Crippen molar-refractivity contribution in [2.24, 2.45) is 0 Å².